The van der Waals surface area contributed by atoms with Crippen molar-refractivity contribution in [1.29, 1.82) is 0 Å². The average Bonchev–Trinajstić information content (AvgIpc) is 2.94. The monoisotopic (exact) mass is 468 g/mol. The smallest absolute Gasteiger partial charge is 0.421 e. The molecule has 164 valence electrons. The molecule has 0 fully saturated rings. The fourth-order valence-corrected chi connectivity index (χ4v) is 3.53. The molecule has 0 atom stereocenters. The zero-order valence-electron chi connectivity index (χ0n) is 14.7. The van der Waals surface area contributed by atoms with E-state index < -0.39 is 31.1 Å². The summed E-state index contributed by atoms with van der Waals surface area (Å²) in [7, 11) is -11.4. The average molecular weight is 468 g/mol. The van der Waals surface area contributed by atoms with E-state index in [9.17, 15) is 43.2 Å². The Morgan fingerprint density at radius 2 is 1.55 bits per heavy atom. The summed E-state index contributed by atoms with van der Waals surface area (Å²) in [5.41, 5.74) is -11.4. The summed E-state index contributed by atoms with van der Waals surface area (Å²) in [6.07, 6.45) is 5.94. The fourth-order valence-electron chi connectivity index (χ4n) is 1.82. The minimum absolute atomic E-state index is 0.778. The molecule has 0 unspecified atom stereocenters. The zero-order chi connectivity index (χ0) is 22.7. The standard InChI is InChI=1S/C11H14N3.C2F6NO4S2/c1-3-14-9-8-13(2)11(14)10-6-4-5-7-12-10;3-1(4,5)14(10,11)9-15(12,13)2(6,7)8/h4-9H,3H2,1-2H3;/q+1;-1. The summed E-state index contributed by atoms with van der Waals surface area (Å²) in [5, 5.41) is 0. The Morgan fingerprint density at radius 3 is 1.93 bits per heavy atom. The molecule has 0 aromatic carbocycles. The van der Waals surface area contributed by atoms with Gasteiger partial charge in [-0.1, -0.05) is 6.07 Å². The minimum Gasteiger partial charge on any atom is -0.421 e. The maximum Gasteiger partial charge on any atom is 0.480 e. The summed E-state index contributed by atoms with van der Waals surface area (Å²) in [5.74, 6) is 1.15. The summed E-state index contributed by atoms with van der Waals surface area (Å²) in [6.45, 7) is 3.10. The van der Waals surface area contributed by atoms with Crippen LogP contribution in [0.15, 0.2) is 36.8 Å². The van der Waals surface area contributed by atoms with Gasteiger partial charge in [-0.15, -0.1) is 0 Å². The van der Waals surface area contributed by atoms with E-state index >= 15 is 0 Å². The van der Waals surface area contributed by atoms with Gasteiger partial charge in [0.2, 0.25) is 0 Å². The van der Waals surface area contributed by atoms with Crippen LogP contribution in [0.2, 0.25) is 0 Å². The third-order valence-corrected chi connectivity index (χ3v) is 5.83. The molecular weight excluding hydrogens is 454 g/mol. The van der Waals surface area contributed by atoms with Gasteiger partial charge in [0, 0.05) is 6.20 Å². The highest BCUT2D eigenvalue weighted by atomic mass is 32.3. The van der Waals surface area contributed by atoms with Gasteiger partial charge >= 0.3 is 16.8 Å². The molecule has 0 bridgehead atoms. The topological polar surface area (TPSA) is 104 Å². The van der Waals surface area contributed by atoms with Crippen molar-refractivity contribution in [1.82, 2.24) is 9.55 Å². The van der Waals surface area contributed by atoms with Crippen LogP contribution in [-0.4, -0.2) is 37.4 Å². The summed E-state index contributed by atoms with van der Waals surface area (Å²) in [6, 6.07) is 5.97. The number of pyridine rings is 1. The molecular formula is C13H14F6N4O4S2. The van der Waals surface area contributed by atoms with Crippen LogP contribution in [0.4, 0.5) is 26.3 Å². The first-order valence-electron chi connectivity index (χ1n) is 7.36. The lowest BCUT2D eigenvalue weighted by molar-refractivity contribution is -0.659. The molecule has 0 amide bonds. The molecule has 0 N–H and O–H groups in total. The van der Waals surface area contributed by atoms with Crippen molar-refractivity contribution in [2.45, 2.75) is 24.5 Å². The van der Waals surface area contributed by atoms with Crippen LogP contribution in [-0.2, 0) is 33.6 Å². The molecule has 8 nitrogen and oxygen atoms in total. The third-order valence-electron chi connectivity index (χ3n) is 3.09. The number of hydrogen-bond acceptors (Lipinski definition) is 5. The fraction of sp³-hybridized carbons (Fsp3) is 0.385. The second kappa shape index (κ2) is 8.66. The Kier molecular flexibility index (Phi) is 7.42. The molecule has 29 heavy (non-hydrogen) atoms. The maximum absolute atomic E-state index is 11.4. The number of alkyl halides is 6. The highest BCUT2D eigenvalue weighted by molar-refractivity contribution is 8.13. The van der Waals surface area contributed by atoms with Gasteiger partial charge in [-0.3, -0.25) is 0 Å². The Hall–Kier alpha value is -2.20. The van der Waals surface area contributed by atoms with E-state index in [1.807, 2.05) is 37.6 Å². The molecule has 2 aromatic rings. The Labute approximate surface area is 161 Å². The molecule has 2 rings (SSSR count). The van der Waals surface area contributed by atoms with E-state index in [4.69, 9.17) is 0 Å². The van der Waals surface area contributed by atoms with Crippen molar-refractivity contribution in [3.05, 3.63) is 40.9 Å². The lowest BCUT2D eigenvalue weighted by atomic mass is 10.3. The summed E-state index contributed by atoms with van der Waals surface area (Å²) in [4.78, 5) is 4.35. The Morgan fingerprint density at radius 1 is 1.03 bits per heavy atom. The van der Waals surface area contributed by atoms with Crippen molar-refractivity contribution in [3.63, 3.8) is 0 Å². The van der Waals surface area contributed by atoms with Gasteiger partial charge < -0.3 is 4.13 Å². The molecule has 0 aliphatic rings. The van der Waals surface area contributed by atoms with E-state index in [1.54, 1.807) is 0 Å². The van der Waals surface area contributed by atoms with Crippen LogP contribution in [0.25, 0.3) is 15.6 Å². The van der Waals surface area contributed by atoms with Crippen molar-refractivity contribution >= 4 is 20.0 Å². The number of sulfonamides is 2. The van der Waals surface area contributed by atoms with Gasteiger partial charge in [-0.2, -0.15) is 26.3 Å². The van der Waals surface area contributed by atoms with Gasteiger partial charge in [0.25, 0.3) is 0 Å². The van der Waals surface area contributed by atoms with Crippen LogP contribution in [0, 0.1) is 0 Å². The first-order chi connectivity index (χ1) is 13.0. The van der Waals surface area contributed by atoms with Gasteiger partial charge in [0.1, 0.15) is 12.4 Å². The van der Waals surface area contributed by atoms with Gasteiger partial charge in [0.05, 0.1) is 13.6 Å². The van der Waals surface area contributed by atoms with E-state index in [-0.39, 0.29) is 0 Å². The number of aromatic nitrogens is 3. The zero-order valence-corrected chi connectivity index (χ0v) is 16.3. The minimum atomic E-state index is -6.72. The normalized spacial score (nSPS) is 13.0. The molecule has 0 aliphatic heterocycles. The van der Waals surface area contributed by atoms with Crippen LogP contribution < -0.4 is 4.57 Å². The van der Waals surface area contributed by atoms with E-state index in [0.717, 1.165) is 22.2 Å². The Balaban J connectivity index is 0.000000290. The lowest BCUT2D eigenvalue weighted by Gasteiger charge is -2.22. The molecule has 0 radical (unpaired) electrons. The number of hydrogen-bond donors (Lipinski definition) is 0. The van der Waals surface area contributed by atoms with Gasteiger partial charge in [-0.05, 0) is 19.1 Å². The first kappa shape index (κ1) is 24.8. The van der Waals surface area contributed by atoms with Gasteiger partial charge in [0.15, 0.2) is 25.7 Å². The number of rotatable bonds is 4. The largest absolute Gasteiger partial charge is 0.480 e. The molecule has 0 spiro atoms. The number of imidazole rings is 1. The molecule has 16 heteroatoms. The quantitative estimate of drug-likeness (QED) is 0.507. The second-order valence-electron chi connectivity index (χ2n) is 5.15. The molecule has 0 aliphatic carbocycles. The van der Waals surface area contributed by atoms with Crippen molar-refractivity contribution in [3.8, 4) is 11.5 Å². The van der Waals surface area contributed by atoms with E-state index in [0.29, 0.717) is 0 Å². The van der Waals surface area contributed by atoms with Crippen molar-refractivity contribution in [2.24, 2.45) is 7.05 Å². The van der Waals surface area contributed by atoms with Crippen LogP contribution in [0.3, 0.4) is 0 Å². The van der Waals surface area contributed by atoms with E-state index in [1.165, 1.54) is 0 Å². The molecule has 2 aromatic heterocycles. The maximum atomic E-state index is 11.4. The van der Waals surface area contributed by atoms with Crippen LogP contribution in [0.1, 0.15) is 6.92 Å². The SMILES string of the molecule is CCn1cc[n+](C)c1-c1ccccn1.O=S(=O)([N-]S(=O)(=O)C(F)(F)F)C(F)(F)F. The number of nitrogens with zero attached hydrogens (tertiary/aromatic N) is 4. The Bertz CT molecular complexity index is 989. The van der Waals surface area contributed by atoms with Crippen molar-refractivity contribution in [2.75, 3.05) is 0 Å². The van der Waals surface area contributed by atoms with E-state index in [2.05, 4.69) is 27.2 Å². The van der Waals surface area contributed by atoms with Crippen LogP contribution in [0.5, 0.6) is 0 Å². The highest BCUT2D eigenvalue weighted by Gasteiger charge is 2.46. The number of aryl methyl sites for hydroxylation is 2. The predicted octanol–water partition coefficient (Wildman–Crippen LogP) is 2.45. The van der Waals surface area contributed by atoms with Crippen molar-refractivity contribution < 1.29 is 47.7 Å². The summed E-state index contributed by atoms with van der Waals surface area (Å²) < 4.78 is 113. The third kappa shape index (κ3) is 6.14. The first-order valence-corrected chi connectivity index (χ1v) is 10.2. The molecule has 0 saturated carbocycles. The highest BCUT2D eigenvalue weighted by Crippen LogP contribution is 2.36. The summed E-state index contributed by atoms with van der Waals surface area (Å²) >= 11 is 0. The number of halogens is 6. The predicted molar refractivity (Wildman–Crippen MR) is 87.8 cm³/mol. The van der Waals surface area contributed by atoms with Gasteiger partial charge in [-0.25, -0.2) is 31.0 Å². The molecule has 2 heterocycles. The second-order valence-corrected chi connectivity index (χ2v) is 8.57. The van der Waals surface area contributed by atoms with Crippen LogP contribution >= 0.6 is 0 Å². The molecule has 0 saturated heterocycles. The lowest BCUT2D eigenvalue weighted by Crippen LogP contribution is -2.30.